The van der Waals surface area contributed by atoms with E-state index in [1.54, 1.807) is 0 Å². The molecule has 15 heavy (non-hydrogen) atoms. The van der Waals surface area contributed by atoms with Gasteiger partial charge in [-0.3, -0.25) is 9.69 Å². The molecule has 0 amide bonds. The van der Waals surface area contributed by atoms with Crippen molar-refractivity contribution in [3.05, 3.63) is 0 Å². The molecule has 0 aromatic rings. The molecule has 2 unspecified atom stereocenters. The fourth-order valence-corrected chi connectivity index (χ4v) is 2.73. The van der Waals surface area contributed by atoms with Crippen LogP contribution in [0.2, 0.25) is 0 Å². The summed E-state index contributed by atoms with van der Waals surface area (Å²) in [6, 6.07) is 0. The molecule has 0 radical (unpaired) electrons. The summed E-state index contributed by atoms with van der Waals surface area (Å²) in [5.41, 5.74) is -0.107. The molecule has 1 rings (SSSR count). The normalized spacial score (nSPS) is 35.1. The van der Waals surface area contributed by atoms with Crippen LogP contribution >= 0.6 is 0 Å². The Morgan fingerprint density at radius 2 is 1.80 bits per heavy atom. The third-order valence-corrected chi connectivity index (χ3v) is 4.53. The highest BCUT2D eigenvalue weighted by Crippen LogP contribution is 2.43. The van der Waals surface area contributed by atoms with Gasteiger partial charge in [-0.15, -0.1) is 0 Å². The monoisotopic (exact) mass is 213 g/mol. The average molecular weight is 213 g/mol. The van der Waals surface area contributed by atoms with Crippen LogP contribution in [0.5, 0.6) is 0 Å². The maximum atomic E-state index is 11.2. The summed E-state index contributed by atoms with van der Waals surface area (Å²) in [6.45, 7) is 10.6. The molecule has 0 spiro atoms. The minimum Gasteiger partial charge on any atom is -0.481 e. The number of nitrogens with zero attached hydrogens (tertiary/aromatic N) is 1. The molecule has 1 aliphatic heterocycles. The maximum absolute atomic E-state index is 11.2. The van der Waals surface area contributed by atoms with Crippen LogP contribution in [0.1, 0.15) is 41.0 Å². The van der Waals surface area contributed by atoms with Crippen molar-refractivity contribution in [3.63, 3.8) is 0 Å². The van der Waals surface area contributed by atoms with Gasteiger partial charge in [-0.1, -0.05) is 6.92 Å². The van der Waals surface area contributed by atoms with Crippen molar-refractivity contribution in [2.24, 2.45) is 11.8 Å². The number of carbonyl (C=O) groups is 1. The van der Waals surface area contributed by atoms with E-state index in [9.17, 15) is 9.90 Å². The number of hydrogen-bond acceptors (Lipinski definition) is 2. The minimum absolute atomic E-state index is 0.0426. The Labute approximate surface area is 92.5 Å². The molecule has 3 nitrogen and oxygen atoms in total. The molecule has 0 aliphatic carbocycles. The van der Waals surface area contributed by atoms with Crippen molar-refractivity contribution in [1.82, 2.24) is 4.90 Å². The van der Waals surface area contributed by atoms with Gasteiger partial charge in [-0.2, -0.15) is 0 Å². The summed E-state index contributed by atoms with van der Waals surface area (Å²) in [5, 5.41) is 9.24. The molecule has 1 N–H and O–H groups in total. The molecule has 0 aromatic heterocycles. The number of likely N-dealkylation sites (tertiary alicyclic amines) is 1. The van der Waals surface area contributed by atoms with Crippen LogP contribution in [0.15, 0.2) is 0 Å². The zero-order valence-electron chi connectivity index (χ0n) is 10.7. The smallest absolute Gasteiger partial charge is 0.306 e. The first kappa shape index (κ1) is 12.5. The van der Waals surface area contributed by atoms with Crippen molar-refractivity contribution in [1.29, 1.82) is 0 Å². The number of aliphatic carboxylic acids is 1. The van der Waals surface area contributed by atoms with E-state index < -0.39 is 5.97 Å². The second-order valence-electron chi connectivity index (χ2n) is 5.96. The molecule has 0 aromatic carbocycles. The predicted molar refractivity (Wildman–Crippen MR) is 60.8 cm³/mol. The quantitative estimate of drug-likeness (QED) is 0.726. The first-order valence-electron chi connectivity index (χ1n) is 5.57. The molecular weight excluding hydrogens is 190 g/mol. The highest BCUT2D eigenvalue weighted by molar-refractivity contribution is 5.71. The van der Waals surface area contributed by atoms with Gasteiger partial charge in [-0.25, -0.2) is 0 Å². The first-order valence-corrected chi connectivity index (χ1v) is 5.57. The predicted octanol–water partition coefficient (Wildman–Crippen LogP) is 2.22. The van der Waals surface area contributed by atoms with Crippen molar-refractivity contribution < 1.29 is 9.90 Å². The van der Waals surface area contributed by atoms with Gasteiger partial charge in [0.25, 0.3) is 0 Å². The van der Waals surface area contributed by atoms with E-state index >= 15 is 0 Å². The minimum atomic E-state index is -0.656. The van der Waals surface area contributed by atoms with Crippen LogP contribution in [0.25, 0.3) is 0 Å². The van der Waals surface area contributed by atoms with Gasteiger partial charge in [0.1, 0.15) is 0 Å². The number of rotatable bonds is 1. The van der Waals surface area contributed by atoms with Gasteiger partial charge in [-0.05, 0) is 47.1 Å². The Balaban J connectivity index is 3.07. The Morgan fingerprint density at radius 1 is 1.33 bits per heavy atom. The average Bonchev–Trinajstić information content (AvgIpc) is 2.09. The Bertz CT molecular complexity index is 271. The lowest BCUT2D eigenvalue weighted by molar-refractivity contribution is -0.155. The zero-order chi connectivity index (χ0) is 12.0. The molecule has 1 heterocycles. The molecule has 0 bridgehead atoms. The van der Waals surface area contributed by atoms with E-state index in [2.05, 4.69) is 39.6 Å². The molecule has 3 heteroatoms. The Kier molecular flexibility index (Phi) is 2.90. The van der Waals surface area contributed by atoms with Gasteiger partial charge in [0.2, 0.25) is 0 Å². The van der Waals surface area contributed by atoms with E-state index in [0.29, 0.717) is 0 Å². The lowest BCUT2D eigenvalue weighted by Crippen LogP contribution is -2.63. The van der Waals surface area contributed by atoms with Gasteiger partial charge in [0, 0.05) is 11.1 Å². The number of carboxylic acids is 1. The van der Waals surface area contributed by atoms with E-state index in [4.69, 9.17) is 0 Å². The largest absolute Gasteiger partial charge is 0.481 e. The van der Waals surface area contributed by atoms with Crippen LogP contribution in [-0.4, -0.2) is 34.1 Å². The van der Waals surface area contributed by atoms with E-state index in [1.165, 1.54) is 0 Å². The number of piperidine rings is 1. The zero-order valence-corrected chi connectivity index (χ0v) is 10.7. The van der Waals surface area contributed by atoms with Gasteiger partial charge in [0.05, 0.1) is 5.92 Å². The van der Waals surface area contributed by atoms with Gasteiger partial charge >= 0.3 is 5.97 Å². The van der Waals surface area contributed by atoms with Crippen LogP contribution in [0, 0.1) is 11.8 Å². The molecule has 2 atom stereocenters. The summed E-state index contributed by atoms with van der Waals surface area (Å²) in [6.07, 6.45) is 0.726. The number of hydrogen-bond donors (Lipinski definition) is 1. The lowest BCUT2D eigenvalue weighted by atomic mass is 9.67. The molecule has 1 fully saturated rings. The van der Waals surface area contributed by atoms with Crippen molar-refractivity contribution in [3.8, 4) is 0 Å². The molecule has 1 saturated heterocycles. The Morgan fingerprint density at radius 3 is 2.20 bits per heavy atom. The maximum Gasteiger partial charge on any atom is 0.306 e. The third kappa shape index (κ3) is 1.89. The van der Waals surface area contributed by atoms with Crippen LogP contribution in [0.4, 0.5) is 0 Å². The molecule has 88 valence electrons. The molecular formula is C12H23NO2. The van der Waals surface area contributed by atoms with Gasteiger partial charge < -0.3 is 5.11 Å². The second kappa shape index (κ2) is 3.48. The van der Waals surface area contributed by atoms with Crippen LogP contribution in [0.3, 0.4) is 0 Å². The summed E-state index contributed by atoms with van der Waals surface area (Å²) in [7, 11) is 2.09. The van der Waals surface area contributed by atoms with Crippen molar-refractivity contribution >= 4 is 5.97 Å². The molecule has 0 saturated carbocycles. The van der Waals surface area contributed by atoms with Crippen molar-refractivity contribution in [2.45, 2.75) is 52.1 Å². The Hall–Kier alpha value is -0.570. The topological polar surface area (TPSA) is 40.5 Å². The lowest BCUT2D eigenvalue weighted by Gasteiger charge is -2.56. The standard InChI is InChI=1S/C12H23NO2/c1-8-9(10(14)15)7-11(2,3)13(6)12(8,4)5/h8-9H,7H2,1-6H3,(H,14,15). The summed E-state index contributed by atoms with van der Waals surface area (Å²) < 4.78 is 0. The summed E-state index contributed by atoms with van der Waals surface area (Å²) >= 11 is 0. The first-order chi connectivity index (χ1) is 6.60. The van der Waals surface area contributed by atoms with Crippen LogP contribution in [-0.2, 0) is 4.79 Å². The summed E-state index contributed by atoms with van der Waals surface area (Å²) in [5.74, 6) is -0.712. The fraction of sp³-hybridized carbons (Fsp3) is 0.917. The van der Waals surface area contributed by atoms with E-state index in [0.717, 1.165) is 6.42 Å². The van der Waals surface area contributed by atoms with Crippen molar-refractivity contribution in [2.75, 3.05) is 7.05 Å². The van der Waals surface area contributed by atoms with Gasteiger partial charge in [0.15, 0.2) is 0 Å². The third-order valence-electron chi connectivity index (χ3n) is 4.53. The summed E-state index contributed by atoms with van der Waals surface area (Å²) in [4.78, 5) is 13.5. The SMILES string of the molecule is CC1C(C(=O)O)CC(C)(C)N(C)C1(C)C. The number of carboxylic acid groups (broad SMARTS) is 1. The van der Waals surface area contributed by atoms with E-state index in [-0.39, 0.29) is 22.9 Å². The second-order valence-corrected chi connectivity index (χ2v) is 5.96. The highest BCUT2D eigenvalue weighted by Gasteiger charge is 2.50. The van der Waals surface area contributed by atoms with Crippen LogP contribution < -0.4 is 0 Å². The highest BCUT2D eigenvalue weighted by atomic mass is 16.4. The molecule has 1 aliphatic rings. The fourth-order valence-electron chi connectivity index (χ4n) is 2.73. The van der Waals surface area contributed by atoms with E-state index in [1.807, 2.05) is 6.92 Å².